The number of aromatic nitrogens is 3. The highest BCUT2D eigenvalue weighted by Gasteiger charge is 2.31. The molecule has 0 unspecified atom stereocenters. The van der Waals surface area contributed by atoms with Crippen LogP contribution in [0, 0.1) is 6.92 Å². The molecule has 0 radical (unpaired) electrons. The molecular weight excluding hydrogens is 428 g/mol. The molecule has 3 heterocycles. The summed E-state index contributed by atoms with van der Waals surface area (Å²) in [6.45, 7) is 15.9. The zero-order chi connectivity index (χ0) is 24.7. The number of ether oxygens (including phenoxy) is 1. The lowest BCUT2D eigenvalue weighted by atomic mass is 9.86. The van der Waals surface area contributed by atoms with Gasteiger partial charge in [-0.3, -0.25) is 10.00 Å². The maximum atomic E-state index is 12.4. The first kappa shape index (κ1) is 24.0. The molecule has 8 heteroatoms. The van der Waals surface area contributed by atoms with Gasteiger partial charge < -0.3 is 15.4 Å². The summed E-state index contributed by atoms with van der Waals surface area (Å²) in [5.41, 5.74) is 10.5. The van der Waals surface area contributed by atoms with Gasteiger partial charge in [-0.25, -0.2) is 9.78 Å². The molecule has 3 aromatic rings. The second-order valence-corrected chi connectivity index (χ2v) is 10.9. The van der Waals surface area contributed by atoms with Crippen LogP contribution in [0.25, 0.3) is 22.2 Å². The predicted octanol–water partition coefficient (Wildman–Crippen LogP) is 4.35. The van der Waals surface area contributed by atoms with E-state index in [1.807, 2.05) is 20.8 Å². The number of hydrogen-bond acceptors (Lipinski definition) is 6. The van der Waals surface area contributed by atoms with Crippen LogP contribution in [0.1, 0.15) is 45.9 Å². The van der Waals surface area contributed by atoms with Crippen molar-refractivity contribution in [3.8, 4) is 11.1 Å². The van der Waals surface area contributed by atoms with E-state index in [1.54, 1.807) is 4.90 Å². The van der Waals surface area contributed by atoms with Gasteiger partial charge in [0.2, 0.25) is 0 Å². The number of carbonyl (C=O) groups is 1. The van der Waals surface area contributed by atoms with E-state index in [0.717, 1.165) is 41.8 Å². The summed E-state index contributed by atoms with van der Waals surface area (Å²) >= 11 is 0. The highest BCUT2D eigenvalue weighted by atomic mass is 16.6. The summed E-state index contributed by atoms with van der Waals surface area (Å²) in [6, 6.07) is 10.6. The minimum Gasteiger partial charge on any atom is -0.444 e. The minimum atomic E-state index is -0.480. The number of carbonyl (C=O) groups excluding carboxylic acids is 1. The number of fused-ring (bicyclic) bond motifs is 1. The van der Waals surface area contributed by atoms with E-state index in [9.17, 15) is 4.79 Å². The van der Waals surface area contributed by atoms with Crippen molar-refractivity contribution in [2.24, 2.45) is 0 Å². The standard InChI is InChI=1S/C26H36N6O2/c1-17-7-9-18(10-8-17)19-15-20(28-23-21(19)22(27)29-30-23)26(5,6)16-31-11-13-32(14-12-31)24(33)34-25(2,3)4/h7-10,15H,11-14,16H2,1-6H3,(H3,27,28,29,30). The monoisotopic (exact) mass is 464 g/mol. The third kappa shape index (κ3) is 5.17. The molecule has 1 amide bonds. The average molecular weight is 465 g/mol. The van der Waals surface area contributed by atoms with Crippen LogP contribution >= 0.6 is 0 Å². The fourth-order valence-corrected chi connectivity index (χ4v) is 4.42. The van der Waals surface area contributed by atoms with E-state index >= 15 is 0 Å². The van der Waals surface area contributed by atoms with Gasteiger partial charge >= 0.3 is 6.09 Å². The number of pyridine rings is 1. The van der Waals surface area contributed by atoms with Gasteiger partial charge in [-0.1, -0.05) is 43.7 Å². The molecule has 0 saturated carbocycles. The van der Waals surface area contributed by atoms with Gasteiger partial charge in [0.05, 0.1) is 11.1 Å². The molecule has 0 atom stereocenters. The predicted molar refractivity (Wildman–Crippen MR) is 136 cm³/mol. The lowest BCUT2D eigenvalue weighted by molar-refractivity contribution is 0.0131. The van der Waals surface area contributed by atoms with E-state index in [2.05, 4.69) is 66.2 Å². The largest absolute Gasteiger partial charge is 0.444 e. The van der Waals surface area contributed by atoms with Gasteiger partial charge in [0.15, 0.2) is 11.5 Å². The van der Waals surface area contributed by atoms with Crippen molar-refractivity contribution in [3.05, 3.63) is 41.6 Å². The first-order valence-electron chi connectivity index (χ1n) is 11.9. The van der Waals surface area contributed by atoms with E-state index < -0.39 is 5.60 Å². The number of aromatic amines is 1. The molecule has 0 bridgehead atoms. The zero-order valence-electron chi connectivity index (χ0n) is 21.1. The Morgan fingerprint density at radius 1 is 1.09 bits per heavy atom. The van der Waals surface area contributed by atoms with Crippen LogP contribution < -0.4 is 5.73 Å². The number of nitrogens with two attached hydrogens (primary N) is 1. The minimum absolute atomic E-state index is 0.221. The Morgan fingerprint density at radius 2 is 1.74 bits per heavy atom. The van der Waals surface area contributed by atoms with E-state index in [1.165, 1.54) is 5.56 Å². The highest BCUT2D eigenvalue weighted by molar-refractivity contribution is 6.00. The fourth-order valence-electron chi connectivity index (χ4n) is 4.42. The quantitative estimate of drug-likeness (QED) is 0.596. The second kappa shape index (κ2) is 8.91. The number of H-pyrrole nitrogens is 1. The summed E-state index contributed by atoms with van der Waals surface area (Å²) in [5, 5.41) is 8.08. The van der Waals surface area contributed by atoms with Gasteiger partial charge in [0.25, 0.3) is 0 Å². The maximum Gasteiger partial charge on any atom is 0.410 e. The number of nitrogens with one attached hydrogen (secondary N) is 1. The van der Waals surface area contributed by atoms with Crippen LogP contribution in [0.5, 0.6) is 0 Å². The van der Waals surface area contributed by atoms with Gasteiger partial charge in [-0.05, 0) is 44.9 Å². The maximum absolute atomic E-state index is 12.4. The number of aryl methyl sites for hydroxylation is 1. The Hall–Kier alpha value is -3.13. The number of amides is 1. The van der Waals surface area contributed by atoms with Gasteiger partial charge in [0, 0.05) is 38.1 Å². The van der Waals surface area contributed by atoms with Crippen LogP contribution in [-0.2, 0) is 10.2 Å². The van der Waals surface area contributed by atoms with Crippen molar-refractivity contribution in [2.75, 3.05) is 38.5 Å². The summed E-state index contributed by atoms with van der Waals surface area (Å²) in [5.74, 6) is 0.459. The number of rotatable bonds is 4. The van der Waals surface area contributed by atoms with Crippen LogP contribution in [0.2, 0.25) is 0 Å². The number of hydrogen-bond donors (Lipinski definition) is 2. The first-order chi connectivity index (χ1) is 15.9. The van der Waals surface area contributed by atoms with Crippen molar-refractivity contribution in [1.82, 2.24) is 25.0 Å². The van der Waals surface area contributed by atoms with E-state index in [4.69, 9.17) is 15.5 Å². The summed E-state index contributed by atoms with van der Waals surface area (Å²) < 4.78 is 5.53. The molecule has 182 valence electrons. The third-order valence-electron chi connectivity index (χ3n) is 6.26. The summed E-state index contributed by atoms with van der Waals surface area (Å²) in [4.78, 5) is 21.5. The molecule has 1 saturated heterocycles. The molecule has 0 aliphatic carbocycles. The molecular formula is C26H36N6O2. The van der Waals surface area contributed by atoms with Crippen LogP contribution in [0.15, 0.2) is 30.3 Å². The molecule has 8 nitrogen and oxygen atoms in total. The summed E-state index contributed by atoms with van der Waals surface area (Å²) in [7, 11) is 0. The lowest BCUT2D eigenvalue weighted by Crippen LogP contribution is -2.52. The summed E-state index contributed by atoms with van der Waals surface area (Å²) in [6.07, 6.45) is -0.238. The highest BCUT2D eigenvalue weighted by Crippen LogP contribution is 2.35. The Bertz CT molecular complexity index is 1170. The number of nitrogens with zero attached hydrogens (tertiary/aromatic N) is 4. The fraction of sp³-hybridized carbons (Fsp3) is 0.500. The Balaban J connectivity index is 1.54. The van der Waals surface area contributed by atoms with Crippen molar-refractivity contribution in [2.45, 2.75) is 52.6 Å². The van der Waals surface area contributed by atoms with E-state index in [-0.39, 0.29) is 11.5 Å². The number of piperazine rings is 1. The number of anilines is 1. The van der Waals surface area contributed by atoms with E-state index in [0.29, 0.717) is 24.6 Å². The lowest BCUT2D eigenvalue weighted by Gasteiger charge is -2.39. The molecule has 4 rings (SSSR count). The topological polar surface area (TPSA) is 100 Å². The molecule has 1 aliphatic heterocycles. The molecule has 1 aliphatic rings. The molecule has 3 N–H and O–H groups in total. The van der Waals surface area contributed by atoms with Crippen molar-refractivity contribution in [3.63, 3.8) is 0 Å². The number of benzene rings is 1. The Morgan fingerprint density at radius 3 is 2.35 bits per heavy atom. The van der Waals surface area contributed by atoms with Crippen LogP contribution in [0.3, 0.4) is 0 Å². The normalized spacial score (nSPS) is 15.6. The van der Waals surface area contributed by atoms with Gasteiger partial charge in [-0.2, -0.15) is 5.10 Å². The van der Waals surface area contributed by atoms with Crippen LogP contribution in [0.4, 0.5) is 10.6 Å². The second-order valence-electron chi connectivity index (χ2n) is 10.9. The first-order valence-corrected chi connectivity index (χ1v) is 11.9. The zero-order valence-corrected chi connectivity index (χ0v) is 21.1. The Kier molecular flexibility index (Phi) is 6.29. The average Bonchev–Trinajstić information content (AvgIpc) is 3.14. The van der Waals surface area contributed by atoms with Gasteiger partial charge in [0.1, 0.15) is 5.60 Å². The molecule has 34 heavy (non-hydrogen) atoms. The Labute approximate surface area is 201 Å². The molecule has 1 fully saturated rings. The molecule has 2 aromatic heterocycles. The van der Waals surface area contributed by atoms with Gasteiger partial charge in [-0.15, -0.1) is 0 Å². The smallest absolute Gasteiger partial charge is 0.410 e. The third-order valence-corrected chi connectivity index (χ3v) is 6.26. The van der Waals surface area contributed by atoms with Crippen molar-refractivity contribution in [1.29, 1.82) is 0 Å². The molecule has 0 spiro atoms. The number of nitrogen functional groups attached to an aromatic ring is 1. The van der Waals surface area contributed by atoms with Crippen LogP contribution in [-0.4, -0.2) is 69.4 Å². The molecule has 1 aromatic carbocycles. The van der Waals surface area contributed by atoms with Crippen molar-refractivity contribution >= 4 is 22.9 Å². The SMILES string of the molecule is Cc1ccc(-c2cc(C(C)(C)CN3CCN(C(=O)OC(C)(C)C)CC3)nc3[nH]nc(N)c23)cc1. The van der Waals surface area contributed by atoms with Crippen molar-refractivity contribution < 1.29 is 9.53 Å².